The summed E-state index contributed by atoms with van der Waals surface area (Å²) in [6, 6.07) is 17.3. The molecule has 0 N–H and O–H groups in total. The van der Waals surface area contributed by atoms with E-state index in [1.165, 1.54) is 27.8 Å². The van der Waals surface area contributed by atoms with Crippen LogP contribution in [-0.2, 0) is 6.42 Å². The van der Waals surface area contributed by atoms with Crippen LogP contribution >= 0.6 is 0 Å². The van der Waals surface area contributed by atoms with Crippen LogP contribution in [0.4, 0.5) is 0 Å². The second kappa shape index (κ2) is 10.2. The lowest BCUT2D eigenvalue weighted by molar-refractivity contribution is 1.21. The predicted molar refractivity (Wildman–Crippen MR) is 103 cm³/mol. The number of allylic oxidation sites excluding steroid dienone is 4. The van der Waals surface area contributed by atoms with Crippen molar-refractivity contribution in [3.05, 3.63) is 89.0 Å². The van der Waals surface area contributed by atoms with Gasteiger partial charge in [-0.1, -0.05) is 79.2 Å². The molecule has 0 radical (unpaired) electrons. The van der Waals surface area contributed by atoms with Gasteiger partial charge in [-0.2, -0.15) is 0 Å². The fourth-order valence-corrected chi connectivity index (χ4v) is 2.40. The van der Waals surface area contributed by atoms with Gasteiger partial charge in [0.25, 0.3) is 0 Å². The predicted octanol–water partition coefficient (Wildman–Crippen LogP) is 6.15. The van der Waals surface area contributed by atoms with Crippen LogP contribution in [-0.4, -0.2) is 0 Å². The molecule has 0 saturated heterocycles. The summed E-state index contributed by atoms with van der Waals surface area (Å²) in [6.07, 6.45) is 16.8. The molecule has 0 heterocycles. The van der Waals surface area contributed by atoms with E-state index in [0.29, 0.717) is 0 Å². The van der Waals surface area contributed by atoms with Crippen molar-refractivity contribution in [2.75, 3.05) is 0 Å². The highest BCUT2D eigenvalue weighted by Gasteiger charge is 1.98. The largest absolute Gasteiger partial charge is 0.124 e. The smallest absolute Gasteiger partial charge is 0.00915 e. The molecule has 23 heavy (non-hydrogen) atoms. The van der Waals surface area contributed by atoms with Crippen LogP contribution in [0, 0.1) is 26.7 Å². The summed E-state index contributed by atoms with van der Waals surface area (Å²) in [4.78, 5) is 0. The van der Waals surface area contributed by atoms with Gasteiger partial charge in [-0.3, -0.25) is 0 Å². The number of hydrogen-bond acceptors (Lipinski definition) is 0. The van der Waals surface area contributed by atoms with Crippen molar-refractivity contribution in [3.63, 3.8) is 0 Å². The fraction of sp³-hybridized carbons (Fsp3) is 0.217. The van der Waals surface area contributed by atoms with Gasteiger partial charge in [0, 0.05) is 0 Å². The third-order valence-electron chi connectivity index (χ3n) is 3.71. The van der Waals surface area contributed by atoms with Crippen molar-refractivity contribution in [2.24, 2.45) is 0 Å². The lowest BCUT2D eigenvalue weighted by Crippen LogP contribution is -1.86. The first kappa shape index (κ1) is 18.5. The summed E-state index contributed by atoms with van der Waals surface area (Å²) in [5.41, 5.74) is 6.67. The molecule has 0 bridgehead atoms. The molecule has 0 unspecified atom stereocenters. The van der Waals surface area contributed by atoms with E-state index in [2.05, 4.69) is 100 Å². The number of terminal acetylenes is 1. The summed E-state index contributed by atoms with van der Waals surface area (Å²) in [5.74, 6) is 0. The zero-order valence-electron chi connectivity index (χ0n) is 14.4. The maximum Gasteiger partial charge on any atom is -0.00915 e. The molecule has 118 valence electrons. The van der Waals surface area contributed by atoms with Gasteiger partial charge in [0.2, 0.25) is 0 Å². The second-order valence-corrected chi connectivity index (χ2v) is 5.47. The molecule has 0 atom stereocenters. The maximum absolute atomic E-state index is 4.00. The number of hydrogen-bond donors (Lipinski definition) is 0. The summed E-state index contributed by atoms with van der Waals surface area (Å²) in [5, 5.41) is 0. The first-order valence-corrected chi connectivity index (χ1v) is 8.02. The average molecular weight is 302 g/mol. The Morgan fingerprint density at radius 1 is 0.957 bits per heavy atom. The third-order valence-corrected chi connectivity index (χ3v) is 3.71. The topological polar surface area (TPSA) is 0 Å². The van der Waals surface area contributed by atoms with Crippen molar-refractivity contribution >= 4 is 5.57 Å². The first-order chi connectivity index (χ1) is 11.2. The van der Waals surface area contributed by atoms with E-state index >= 15 is 0 Å². The van der Waals surface area contributed by atoms with Gasteiger partial charge in [-0.15, -0.1) is 12.8 Å². The Morgan fingerprint density at radius 3 is 2.22 bits per heavy atom. The van der Waals surface area contributed by atoms with Crippen molar-refractivity contribution in [2.45, 2.75) is 33.6 Å². The van der Waals surface area contributed by atoms with Crippen molar-refractivity contribution in [3.8, 4) is 12.8 Å². The van der Waals surface area contributed by atoms with Crippen LogP contribution in [0.1, 0.15) is 35.6 Å². The van der Waals surface area contributed by atoms with Crippen LogP contribution in [0.15, 0.2) is 66.8 Å². The van der Waals surface area contributed by atoms with Gasteiger partial charge in [0.15, 0.2) is 0 Å². The quantitative estimate of drug-likeness (QED) is 0.459. The summed E-state index contributed by atoms with van der Waals surface area (Å²) < 4.78 is 0. The van der Waals surface area contributed by atoms with Crippen LogP contribution in [0.25, 0.3) is 5.57 Å². The number of rotatable bonds is 5. The van der Waals surface area contributed by atoms with Crippen molar-refractivity contribution in [1.82, 2.24) is 0 Å². The highest BCUT2D eigenvalue weighted by atomic mass is 14.0. The van der Waals surface area contributed by atoms with Gasteiger partial charge in [-0.25, -0.2) is 0 Å². The Bertz CT molecular complexity index is 667. The lowest BCUT2D eigenvalue weighted by Gasteiger charge is -2.05. The van der Waals surface area contributed by atoms with Gasteiger partial charge in [0.05, 0.1) is 0 Å². The molecule has 2 aromatic rings. The molecule has 2 rings (SSSR count). The molecule has 0 aromatic heterocycles. The van der Waals surface area contributed by atoms with Crippen LogP contribution < -0.4 is 0 Å². The van der Waals surface area contributed by atoms with E-state index in [1.807, 2.05) is 0 Å². The molecule has 0 spiro atoms. The summed E-state index contributed by atoms with van der Waals surface area (Å²) in [7, 11) is 0. The Hall–Kier alpha value is -2.52. The average Bonchev–Trinajstić information content (AvgIpc) is 2.58. The molecule has 0 aliphatic heterocycles. The Labute approximate surface area is 141 Å². The molecule has 0 fully saturated rings. The zero-order chi connectivity index (χ0) is 17.1. The molecular formula is C23H26. The number of aryl methyl sites for hydroxylation is 2. The van der Waals surface area contributed by atoms with Crippen LogP contribution in [0.2, 0.25) is 0 Å². The van der Waals surface area contributed by atoms with Crippen LogP contribution in [0.3, 0.4) is 0 Å². The van der Waals surface area contributed by atoms with E-state index in [9.17, 15) is 0 Å². The van der Waals surface area contributed by atoms with E-state index in [0.717, 1.165) is 12.8 Å². The third kappa shape index (κ3) is 6.01. The van der Waals surface area contributed by atoms with Gasteiger partial charge in [0.1, 0.15) is 0 Å². The minimum absolute atomic E-state index is 0.986. The number of benzene rings is 2. The van der Waals surface area contributed by atoms with Crippen LogP contribution in [0.5, 0.6) is 0 Å². The molecule has 0 heteroatoms. The molecule has 0 nitrogen and oxygen atoms in total. The van der Waals surface area contributed by atoms with Gasteiger partial charge in [-0.05, 0) is 49.0 Å². The fourth-order valence-electron chi connectivity index (χ4n) is 2.40. The Kier molecular flexibility index (Phi) is 8.25. The highest BCUT2D eigenvalue weighted by molar-refractivity contribution is 5.74. The normalized spacial score (nSPS) is 11.1. The zero-order valence-corrected chi connectivity index (χ0v) is 14.4. The van der Waals surface area contributed by atoms with Crippen molar-refractivity contribution in [1.29, 1.82) is 0 Å². The highest BCUT2D eigenvalue weighted by Crippen LogP contribution is 2.18. The molecule has 0 aliphatic rings. The van der Waals surface area contributed by atoms with Crippen molar-refractivity contribution < 1.29 is 0 Å². The lowest BCUT2D eigenvalue weighted by atomic mass is 10.0. The molecule has 0 aliphatic carbocycles. The van der Waals surface area contributed by atoms with E-state index in [1.54, 1.807) is 0 Å². The standard InChI is InChI=1S/C21H24.C2H2/c1-4-8-20(21-15-13-17(2)14-16-21)12-7-11-19-10-6-5-9-18(19)3;1-2/h5-10,12-16H,4,11H2,1-3H3;1-2H/b12-7-,20-8+;. The SMILES string of the molecule is C#C.CC/C=C(\C=C/Cc1ccccc1C)c1ccc(C)cc1. The minimum atomic E-state index is 0.986. The second-order valence-electron chi connectivity index (χ2n) is 5.47. The summed E-state index contributed by atoms with van der Waals surface area (Å²) in [6.45, 7) is 6.48. The Balaban J connectivity index is 0.00000127. The molecule has 0 amide bonds. The molecular weight excluding hydrogens is 276 g/mol. The Morgan fingerprint density at radius 2 is 1.61 bits per heavy atom. The van der Waals surface area contributed by atoms with E-state index in [-0.39, 0.29) is 0 Å². The summed E-state index contributed by atoms with van der Waals surface area (Å²) >= 11 is 0. The van der Waals surface area contributed by atoms with Gasteiger partial charge < -0.3 is 0 Å². The minimum Gasteiger partial charge on any atom is -0.124 e. The molecule has 0 saturated carbocycles. The maximum atomic E-state index is 4.00. The monoisotopic (exact) mass is 302 g/mol. The first-order valence-electron chi connectivity index (χ1n) is 8.02. The van der Waals surface area contributed by atoms with Gasteiger partial charge >= 0.3 is 0 Å². The molecule has 2 aromatic carbocycles. The van der Waals surface area contributed by atoms with E-state index in [4.69, 9.17) is 0 Å². The van der Waals surface area contributed by atoms with E-state index < -0.39 is 0 Å².